The Kier molecular flexibility index (Phi) is 6.09. The van der Waals surface area contributed by atoms with E-state index in [2.05, 4.69) is 0 Å². The second kappa shape index (κ2) is 8.17. The number of hydrogen-bond acceptors (Lipinski definition) is 7. The van der Waals surface area contributed by atoms with E-state index in [0.29, 0.717) is 18.7 Å². The van der Waals surface area contributed by atoms with Crippen molar-refractivity contribution in [3.63, 3.8) is 0 Å². The minimum Gasteiger partial charge on any atom is -0.382 e. The maximum atomic E-state index is 12.5. The van der Waals surface area contributed by atoms with Crippen LogP contribution in [0.3, 0.4) is 0 Å². The zero-order valence-corrected chi connectivity index (χ0v) is 17.2. The molecule has 1 atom stereocenters. The van der Waals surface area contributed by atoms with E-state index in [9.17, 15) is 16.8 Å². The third-order valence-corrected chi connectivity index (χ3v) is 8.58. The molecule has 1 fully saturated rings. The Balaban J connectivity index is 1.68. The summed E-state index contributed by atoms with van der Waals surface area (Å²) < 4.78 is 61.4. The molecule has 27 heavy (non-hydrogen) atoms. The molecule has 1 aromatic heterocycles. The van der Waals surface area contributed by atoms with Gasteiger partial charge in [0, 0.05) is 13.7 Å². The second-order valence-electron chi connectivity index (χ2n) is 6.19. The first-order valence-electron chi connectivity index (χ1n) is 8.44. The van der Waals surface area contributed by atoms with E-state index in [4.69, 9.17) is 8.92 Å². The summed E-state index contributed by atoms with van der Waals surface area (Å²) in [7, 11) is -5.98. The van der Waals surface area contributed by atoms with E-state index in [-0.39, 0.29) is 21.8 Å². The molecular weight excluding hydrogens is 410 g/mol. The van der Waals surface area contributed by atoms with Gasteiger partial charge in [-0.15, -0.1) is 11.3 Å². The first-order valence-corrected chi connectivity index (χ1v) is 12.3. The zero-order chi connectivity index (χ0) is 19.5. The Labute approximate surface area is 163 Å². The Hall–Kier alpha value is -1.62. The van der Waals surface area contributed by atoms with Gasteiger partial charge in [-0.1, -0.05) is 6.07 Å². The van der Waals surface area contributed by atoms with Crippen molar-refractivity contribution in [2.75, 3.05) is 23.7 Å². The number of rotatable bonds is 7. The number of anilines is 1. The van der Waals surface area contributed by atoms with Gasteiger partial charge in [0.15, 0.2) is 0 Å². The van der Waals surface area contributed by atoms with E-state index in [1.54, 1.807) is 11.4 Å². The van der Waals surface area contributed by atoms with Gasteiger partial charge in [-0.25, -0.2) is 8.42 Å². The fourth-order valence-electron chi connectivity index (χ4n) is 2.74. The SMILES string of the molecule is CN(c1ccc(OS(=O)(=O)CC2CCCCO2)cc1)S(=O)(=O)c1cccs1. The van der Waals surface area contributed by atoms with Gasteiger partial charge in [-0.3, -0.25) is 4.31 Å². The van der Waals surface area contributed by atoms with Crippen molar-refractivity contribution in [2.45, 2.75) is 29.6 Å². The molecule has 1 saturated heterocycles. The number of ether oxygens (including phenoxy) is 1. The van der Waals surface area contributed by atoms with Crippen LogP contribution in [0.15, 0.2) is 46.0 Å². The normalized spacial score (nSPS) is 18.2. The van der Waals surface area contributed by atoms with Crippen molar-refractivity contribution in [3.8, 4) is 5.75 Å². The van der Waals surface area contributed by atoms with E-state index < -0.39 is 20.1 Å². The summed E-state index contributed by atoms with van der Waals surface area (Å²) in [5.41, 5.74) is 0.406. The Morgan fingerprint density at radius 1 is 1.15 bits per heavy atom. The van der Waals surface area contributed by atoms with E-state index in [1.165, 1.54) is 37.4 Å². The molecule has 2 aromatic rings. The fourth-order valence-corrected chi connectivity index (χ4v) is 6.29. The summed E-state index contributed by atoms with van der Waals surface area (Å²) in [5.74, 6) is -0.0574. The number of benzene rings is 1. The van der Waals surface area contributed by atoms with Crippen LogP contribution < -0.4 is 8.49 Å². The molecule has 0 saturated carbocycles. The number of thiophene rings is 1. The Morgan fingerprint density at radius 2 is 1.89 bits per heavy atom. The molecule has 148 valence electrons. The number of sulfonamides is 1. The quantitative estimate of drug-likeness (QED) is 0.626. The zero-order valence-electron chi connectivity index (χ0n) is 14.8. The molecule has 0 N–H and O–H groups in total. The molecule has 0 amide bonds. The highest BCUT2D eigenvalue weighted by Crippen LogP contribution is 2.27. The summed E-state index contributed by atoms with van der Waals surface area (Å²) in [5, 5.41) is 1.69. The number of nitrogens with zero attached hydrogens (tertiary/aromatic N) is 1. The van der Waals surface area contributed by atoms with Crippen LogP contribution in [0.1, 0.15) is 19.3 Å². The lowest BCUT2D eigenvalue weighted by Crippen LogP contribution is -2.30. The molecule has 0 spiro atoms. The van der Waals surface area contributed by atoms with Crippen molar-refractivity contribution >= 4 is 37.2 Å². The van der Waals surface area contributed by atoms with Crippen LogP contribution in [-0.4, -0.2) is 42.3 Å². The topological polar surface area (TPSA) is 90.0 Å². The summed E-state index contributed by atoms with van der Waals surface area (Å²) in [6.07, 6.45) is 2.25. The maximum absolute atomic E-state index is 12.5. The minimum atomic E-state index is -3.79. The maximum Gasteiger partial charge on any atom is 0.311 e. The van der Waals surface area contributed by atoms with E-state index in [0.717, 1.165) is 28.5 Å². The highest BCUT2D eigenvalue weighted by molar-refractivity contribution is 7.94. The van der Waals surface area contributed by atoms with Gasteiger partial charge in [0.05, 0.1) is 11.8 Å². The van der Waals surface area contributed by atoms with Crippen LogP contribution in [0, 0.1) is 0 Å². The van der Waals surface area contributed by atoms with Gasteiger partial charge < -0.3 is 8.92 Å². The van der Waals surface area contributed by atoms with Gasteiger partial charge >= 0.3 is 10.1 Å². The van der Waals surface area contributed by atoms with Crippen LogP contribution >= 0.6 is 11.3 Å². The third kappa shape index (κ3) is 5.01. The average Bonchev–Trinajstić information content (AvgIpc) is 3.17. The van der Waals surface area contributed by atoms with Crippen molar-refractivity contribution < 1.29 is 25.8 Å². The van der Waals surface area contributed by atoms with Crippen LogP contribution in [0.5, 0.6) is 5.75 Å². The highest BCUT2D eigenvalue weighted by atomic mass is 32.2. The molecule has 0 aliphatic carbocycles. The molecule has 1 unspecified atom stereocenters. The summed E-state index contributed by atoms with van der Waals surface area (Å²) in [6, 6.07) is 9.10. The largest absolute Gasteiger partial charge is 0.382 e. The monoisotopic (exact) mass is 431 g/mol. The van der Waals surface area contributed by atoms with Crippen LogP contribution in [0.2, 0.25) is 0 Å². The Morgan fingerprint density at radius 3 is 2.48 bits per heavy atom. The van der Waals surface area contributed by atoms with E-state index in [1.807, 2.05) is 0 Å². The van der Waals surface area contributed by atoms with Crippen LogP contribution in [0.25, 0.3) is 0 Å². The first-order chi connectivity index (χ1) is 12.8. The molecule has 1 aliphatic rings. The van der Waals surface area contributed by atoms with Crippen molar-refractivity contribution in [1.82, 2.24) is 0 Å². The summed E-state index contributed by atoms with van der Waals surface area (Å²) in [4.78, 5) is 0. The molecule has 2 heterocycles. The third-order valence-electron chi connectivity index (χ3n) is 4.20. The van der Waals surface area contributed by atoms with Gasteiger partial charge in [0.2, 0.25) is 0 Å². The van der Waals surface area contributed by atoms with Gasteiger partial charge in [-0.2, -0.15) is 8.42 Å². The van der Waals surface area contributed by atoms with Crippen LogP contribution in [0.4, 0.5) is 5.69 Å². The standard InChI is InChI=1S/C17H21NO6S3/c1-18(27(21,22)17-6-4-12-25-17)14-7-9-15(10-8-14)24-26(19,20)13-16-5-2-3-11-23-16/h4,6-10,12,16H,2-3,5,11,13H2,1H3. The molecular formula is C17H21NO6S3. The number of hydrogen-bond donors (Lipinski definition) is 0. The minimum absolute atomic E-state index is 0.136. The molecule has 7 nitrogen and oxygen atoms in total. The Bertz CT molecular complexity index is 947. The van der Waals surface area contributed by atoms with Crippen LogP contribution in [-0.2, 0) is 24.9 Å². The van der Waals surface area contributed by atoms with Crippen molar-refractivity contribution in [3.05, 3.63) is 41.8 Å². The molecule has 10 heteroatoms. The summed E-state index contributed by atoms with van der Waals surface area (Å²) in [6.45, 7) is 0.569. The molecule has 1 aliphatic heterocycles. The lowest BCUT2D eigenvalue weighted by Gasteiger charge is -2.22. The first kappa shape index (κ1) is 20.1. The van der Waals surface area contributed by atoms with E-state index >= 15 is 0 Å². The molecule has 0 radical (unpaired) electrons. The van der Waals surface area contributed by atoms with Crippen molar-refractivity contribution in [1.29, 1.82) is 0 Å². The van der Waals surface area contributed by atoms with Gasteiger partial charge in [0.25, 0.3) is 10.0 Å². The fraction of sp³-hybridized carbons (Fsp3) is 0.412. The highest BCUT2D eigenvalue weighted by Gasteiger charge is 2.25. The lowest BCUT2D eigenvalue weighted by atomic mass is 10.1. The summed E-state index contributed by atoms with van der Waals surface area (Å²) >= 11 is 1.13. The average molecular weight is 432 g/mol. The molecule has 3 rings (SSSR count). The second-order valence-corrected chi connectivity index (χ2v) is 11.0. The predicted octanol–water partition coefficient (Wildman–Crippen LogP) is 2.85. The molecule has 1 aromatic carbocycles. The smallest absolute Gasteiger partial charge is 0.311 e. The predicted molar refractivity (Wildman–Crippen MR) is 104 cm³/mol. The lowest BCUT2D eigenvalue weighted by molar-refractivity contribution is 0.0298. The van der Waals surface area contributed by atoms with Gasteiger partial charge in [0.1, 0.15) is 15.7 Å². The van der Waals surface area contributed by atoms with Gasteiger partial charge in [-0.05, 0) is 55.0 Å². The van der Waals surface area contributed by atoms with Crippen molar-refractivity contribution in [2.24, 2.45) is 0 Å². The molecule has 0 bridgehead atoms.